The lowest BCUT2D eigenvalue weighted by atomic mass is 9.98. The van der Waals surface area contributed by atoms with Crippen LogP contribution in [-0.2, 0) is 16.1 Å². The monoisotopic (exact) mass is 491 g/mol. The molecule has 2 aliphatic carbocycles. The van der Waals surface area contributed by atoms with E-state index in [0.717, 1.165) is 22.3 Å². The van der Waals surface area contributed by atoms with Gasteiger partial charge in [0.25, 0.3) is 5.91 Å². The second kappa shape index (κ2) is 9.14. The van der Waals surface area contributed by atoms with Gasteiger partial charge in [0.15, 0.2) is 0 Å². The van der Waals surface area contributed by atoms with Gasteiger partial charge in [0.05, 0.1) is 17.7 Å². The maximum Gasteiger partial charge on any atom is 0.407 e. The maximum atomic E-state index is 12.5. The third kappa shape index (κ3) is 4.51. The zero-order valence-corrected chi connectivity index (χ0v) is 20.0. The van der Waals surface area contributed by atoms with E-state index in [4.69, 9.17) is 4.74 Å². The molecule has 0 aliphatic heterocycles. The summed E-state index contributed by atoms with van der Waals surface area (Å²) in [4.78, 5) is 41.0. The number of carbonyl (C=O) groups is 3. The summed E-state index contributed by atoms with van der Waals surface area (Å²) < 4.78 is 5.54. The average molecular weight is 492 g/mol. The molecular formula is C26H25N3O5S. The number of nitrogens with zero attached hydrogens (tertiary/aromatic N) is 1. The van der Waals surface area contributed by atoms with Crippen LogP contribution in [0, 0.1) is 12.3 Å². The predicted octanol–water partition coefficient (Wildman–Crippen LogP) is 4.08. The number of fused-ring (bicyclic) bond motifs is 3. The lowest BCUT2D eigenvalue weighted by molar-refractivity contribution is -0.143. The number of benzene rings is 2. The SMILES string of the molecule is Cc1nc(CNC(=O)OCC2c3ccccc3-c3ccccc32)sc1C(=O)NCC1(C(=O)O)CC1. The molecule has 2 amide bonds. The van der Waals surface area contributed by atoms with Crippen molar-refractivity contribution >= 4 is 29.3 Å². The lowest BCUT2D eigenvalue weighted by Gasteiger charge is -2.14. The highest BCUT2D eigenvalue weighted by Gasteiger charge is 2.50. The zero-order valence-electron chi connectivity index (χ0n) is 19.2. The van der Waals surface area contributed by atoms with Gasteiger partial charge in [-0.1, -0.05) is 48.5 Å². The number of alkyl carbamates (subject to hydrolysis) is 1. The molecule has 180 valence electrons. The van der Waals surface area contributed by atoms with Gasteiger partial charge in [-0.3, -0.25) is 9.59 Å². The Morgan fingerprint density at radius 3 is 2.29 bits per heavy atom. The summed E-state index contributed by atoms with van der Waals surface area (Å²) in [7, 11) is 0. The summed E-state index contributed by atoms with van der Waals surface area (Å²) in [6.07, 6.45) is 0.585. The second-order valence-corrected chi connectivity index (χ2v) is 10.1. The van der Waals surface area contributed by atoms with Crippen molar-refractivity contribution in [3.63, 3.8) is 0 Å². The third-order valence-corrected chi connectivity index (χ3v) is 7.83. The predicted molar refractivity (Wildman–Crippen MR) is 130 cm³/mol. The van der Waals surface area contributed by atoms with Crippen LogP contribution in [0.5, 0.6) is 0 Å². The molecule has 0 unspecified atom stereocenters. The van der Waals surface area contributed by atoms with Gasteiger partial charge in [-0.05, 0) is 42.0 Å². The van der Waals surface area contributed by atoms with Crippen LogP contribution in [-0.4, -0.2) is 41.2 Å². The van der Waals surface area contributed by atoms with Gasteiger partial charge in [0, 0.05) is 12.5 Å². The molecule has 3 aromatic rings. The van der Waals surface area contributed by atoms with Crippen LogP contribution >= 0.6 is 11.3 Å². The Bertz CT molecular complexity index is 1270. The number of carboxylic acids is 1. The van der Waals surface area contributed by atoms with Gasteiger partial charge in [0.1, 0.15) is 16.5 Å². The van der Waals surface area contributed by atoms with Crippen LogP contribution < -0.4 is 10.6 Å². The molecule has 1 fully saturated rings. The molecule has 1 heterocycles. The van der Waals surface area contributed by atoms with Crippen molar-refractivity contribution in [2.45, 2.75) is 32.2 Å². The number of thiazole rings is 1. The number of nitrogens with one attached hydrogen (secondary N) is 2. The summed E-state index contributed by atoms with van der Waals surface area (Å²) in [6.45, 7) is 2.17. The first-order valence-corrected chi connectivity index (χ1v) is 12.3. The Labute approximate surface area is 206 Å². The summed E-state index contributed by atoms with van der Waals surface area (Å²) >= 11 is 1.17. The number of aromatic nitrogens is 1. The van der Waals surface area contributed by atoms with Crippen molar-refractivity contribution in [1.82, 2.24) is 15.6 Å². The minimum Gasteiger partial charge on any atom is -0.481 e. The minimum atomic E-state index is -0.883. The van der Waals surface area contributed by atoms with E-state index < -0.39 is 17.5 Å². The molecule has 0 atom stereocenters. The Hall–Kier alpha value is -3.72. The Balaban J connectivity index is 1.15. The second-order valence-electron chi connectivity index (χ2n) is 8.97. The van der Waals surface area contributed by atoms with Gasteiger partial charge >= 0.3 is 12.1 Å². The summed E-state index contributed by atoms with van der Waals surface area (Å²) in [5, 5.41) is 15.3. The van der Waals surface area contributed by atoms with Crippen LogP contribution in [0.15, 0.2) is 48.5 Å². The van der Waals surface area contributed by atoms with Crippen LogP contribution in [0.25, 0.3) is 11.1 Å². The van der Waals surface area contributed by atoms with Crippen molar-refractivity contribution < 1.29 is 24.2 Å². The Kier molecular flexibility index (Phi) is 6.02. The highest BCUT2D eigenvalue weighted by Crippen LogP contribution is 2.45. The van der Waals surface area contributed by atoms with E-state index in [-0.39, 0.29) is 31.5 Å². The minimum absolute atomic E-state index is 0.0221. The number of hydrogen-bond donors (Lipinski definition) is 3. The molecule has 0 spiro atoms. The number of carboxylic acid groups (broad SMARTS) is 1. The maximum absolute atomic E-state index is 12.5. The molecule has 1 saturated carbocycles. The van der Waals surface area contributed by atoms with Gasteiger partial charge in [-0.25, -0.2) is 9.78 Å². The van der Waals surface area contributed by atoms with E-state index in [9.17, 15) is 19.5 Å². The number of amides is 2. The van der Waals surface area contributed by atoms with Crippen molar-refractivity contribution in [1.29, 1.82) is 0 Å². The summed E-state index contributed by atoms with van der Waals surface area (Å²) in [5.74, 6) is -1.25. The van der Waals surface area contributed by atoms with Crippen LogP contribution in [0.3, 0.4) is 0 Å². The van der Waals surface area contributed by atoms with E-state index in [1.165, 1.54) is 11.3 Å². The fourth-order valence-electron chi connectivity index (χ4n) is 4.48. The normalized spacial score (nSPS) is 15.1. The number of aliphatic carboxylic acids is 1. The molecular weight excluding hydrogens is 466 g/mol. The number of ether oxygens (including phenoxy) is 1. The summed E-state index contributed by atoms with van der Waals surface area (Å²) in [5.41, 5.74) is 4.32. The molecule has 0 radical (unpaired) electrons. The first-order chi connectivity index (χ1) is 16.9. The van der Waals surface area contributed by atoms with Gasteiger partial charge < -0.3 is 20.5 Å². The molecule has 3 N–H and O–H groups in total. The van der Waals surface area contributed by atoms with Crippen LogP contribution in [0.1, 0.15) is 50.3 Å². The van der Waals surface area contributed by atoms with E-state index in [2.05, 4.69) is 39.9 Å². The van der Waals surface area contributed by atoms with Gasteiger partial charge in [0.2, 0.25) is 0 Å². The molecule has 1 aromatic heterocycles. The largest absolute Gasteiger partial charge is 0.481 e. The number of rotatable bonds is 8. The number of hydrogen-bond acceptors (Lipinski definition) is 6. The Morgan fingerprint density at radius 2 is 1.69 bits per heavy atom. The Morgan fingerprint density at radius 1 is 1.06 bits per heavy atom. The highest BCUT2D eigenvalue weighted by molar-refractivity contribution is 7.13. The molecule has 2 aromatic carbocycles. The molecule has 9 heteroatoms. The third-order valence-electron chi connectivity index (χ3n) is 6.67. The van der Waals surface area contributed by atoms with E-state index in [0.29, 0.717) is 28.4 Å². The average Bonchev–Trinajstić information content (AvgIpc) is 3.48. The van der Waals surface area contributed by atoms with E-state index >= 15 is 0 Å². The van der Waals surface area contributed by atoms with Crippen LogP contribution in [0.2, 0.25) is 0 Å². The molecule has 35 heavy (non-hydrogen) atoms. The molecule has 0 bridgehead atoms. The summed E-state index contributed by atoms with van der Waals surface area (Å²) in [6, 6.07) is 16.3. The first-order valence-electron chi connectivity index (χ1n) is 11.4. The van der Waals surface area contributed by atoms with Crippen molar-refractivity contribution in [2.24, 2.45) is 5.41 Å². The van der Waals surface area contributed by atoms with Gasteiger partial charge in [-0.15, -0.1) is 11.3 Å². The first kappa shape index (κ1) is 23.0. The highest BCUT2D eigenvalue weighted by atomic mass is 32.1. The smallest absolute Gasteiger partial charge is 0.407 e. The quantitative estimate of drug-likeness (QED) is 0.437. The fourth-order valence-corrected chi connectivity index (χ4v) is 5.40. The van der Waals surface area contributed by atoms with Crippen LogP contribution in [0.4, 0.5) is 4.79 Å². The topological polar surface area (TPSA) is 118 Å². The molecule has 0 saturated heterocycles. The number of carbonyl (C=O) groups excluding carboxylic acids is 2. The van der Waals surface area contributed by atoms with Gasteiger partial charge in [-0.2, -0.15) is 0 Å². The van der Waals surface area contributed by atoms with Crippen molar-refractivity contribution in [3.05, 3.63) is 75.2 Å². The lowest BCUT2D eigenvalue weighted by Crippen LogP contribution is -2.34. The molecule has 8 nitrogen and oxygen atoms in total. The molecule has 5 rings (SSSR count). The van der Waals surface area contributed by atoms with Crippen molar-refractivity contribution in [2.75, 3.05) is 13.2 Å². The fraction of sp³-hybridized carbons (Fsp3) is 0.308. The zero-order chi connectivity index (χ0) is 24.6. The van der Waals surface area contributed by atoms with E-state index in [1.54, 1.807) is 6.92 Å². The van der Waals surface area contributed by atoms with Crippen molar-refractivity contribution in [3.8, 4) is 11.1 Å². The standard InChI is InChI=1S/C26H25N3O5S/c1-15-22(23(30)28-14-26(10-11-26)24(31)32)35-21(29-15)12-27-25(33)34-13-20-18-8-4-2-6-16(18)17-7-3-5-9-19(17)20/h2-9,20H,10-14H2,1H3,(H,27,33)(H,28,30)(H,31,32). The van der Waals surface area contributed by atoms with E-state index in [1.807, 2.05) is 24.3 Å². The number of aryl methyl sites for hydroxylation is 1. The molecule has 2 aliphatic rings.